The van der Waals surface area contributed by atoms with Gasteiger partial charge < -0.3 is 0 Å². The summed E-state index contributed by atoms with van der Waals surface area (Å²) in [6, 6.07) is 43.7. The number of aliphatic imine (C=N–C) groups is 1. The van der Waals surface area contributed by atoms with E-state index in [2.05, 4.69) is 73.7 Å². The molecule has 0 radical (unpaired) electrons. The average Bonchev–Trinajstić information content (AvgIpc) is 3.07. The standard InChI is InChI=1S/C36H26N4/c1-24-30-17-10-11-19-32(30)31-18-9-8-16-27(31)22-28-20-21-29(23-33(28)37-24)36-39-34(25-12-4-2-5-13-25)38-35(40-36)26-14-6-3-7-15-26/h2-21,23H,22H2,1H3/b37-24+. The van der Waals surface area contributed by atoms with E-state index < -0.39 is 0 Å². The number of rotatable bonds is 3. The summed E-state index contributed by atoms with van der Waals surface area (Å²) in [5.41, 5.74) is 10.8. The van der Waals surface area contributed by atoms with Crippen LogP contribution in [0.2, 0.25) is 0 Å². The Kier molecular flexibility index (Phi) is 6.06. The molecule has 0 spiro atoms. The summed E-state index contributed by atoms with van der Waals surface area (Å²) in [6.07, 6.45) is 0.790. The molecule has 1 aliphatic heterocycles. The lowest BCUT2D eigenvalue weighted by molar-refractivity contribution is 1.07. The van der Waals surface area contributed by atoms with E-state index in [-0.39, 0.29) is 0 Å². The van der Waals surface area contributed by atoms with Crippen molar-refractivity contribution in [3.8, 4) is 45.3 Å². The summed E-state index contributed by atoms with van der Waals surface area (Å²) in [4.78, 5) is 19.9. The van der Waals surface area contributed by atoms with Crippen LogP contribution >= 0.6 is 0 Å². The van der Waals surface area contributed by atoms with Crippen molar-refractivity contribution in [1.29, 1.82) is 0 Å². The maximum absolute atomic E-state index is 5.18. The molecule has 0 aliphatic carbocycles. The molecule has 2 heterocycles. The van der Waals surface area contributed by atoms with Crippen molar-refractivity contribution in [3.63, 3.8) is 0 Å². The van der Waals surface area contributed by atoms with Crippen molar-refractivity contribution in [2.75, 3.05) is 0 Å². The van der Waals surface area contributed by atoms with Crippen LogP contribution in [-0.2, 0) is 6.42 Å². The van der Waals surface area contributed by atoms with Crippen molar-refractivity contribution in [2.45, 2.75) is 13.3 Å². The van der Waals surface area contributed by atoms with E-state index in [4.69, 9.17) is 19.9 Å². The van der Waals surface area contributed by atoms with Crippen molar-refractivity contribution < 1.29 is 0 Å². The van der Waals surface area contributed by atoms with Crippen LogP contribution in [0.4, 0.5) is 5.69 Å². The fraction of sp³-hybridized carbons (Fsp3) is 0.0556. The van der Waals surface area contributed by atoms with Crippen LogP contribution in [-0.4, -0.2) is 20.7 Å². The van der Waals surface area contributed by atoms with Gasteiger partial charge in [-0.25, -0.2) is 15.0 Å². The predicted molar refractivity (Wildman–Crippen MR) is 163 cm³/mol. The van der Waals surface area contributed by atoms with Crippen LogP contribution < -0.4 is 0 Å². The van der Waals surface area contributed by atoms with Crippen LogP contribution in [0.1, 0.15) is 23.6 Å². The summed E-state index contributed by atoms with van der Waals surface area (Å²) in [5, 5.41) is 0. The first-order chi connectivity index (χ1) is 19.7. The van der Waals surface area contributed by atoms with E-state index in [1.807, 2.05) is 60.7 Å². The van der Waals surface area contributed by atoms with E-state index >= 15 is 0 Å². The fourth-order valence-electron chi connectivity index (χ4n) is 5.31. The molecule has 0 atom stereocenters. The average molecular weight is 515 g/mol. The first kappa shape index (κ1) is 23.9. The van der Waals surface area contributed by atoms with Gasteiger partial charge in [0.05, 0.1) is 5.69 Å². The van der Waals surface area contributed by atoms with E-state index in [0.29, 0.717) is 17.5 Å². The number of aromatic nitrogens is 3. The van der Waals surface area contributed by atoms with Gasteiger partial charge in [-0.2, -0.15) is 0 Å². The molecule has 5 aromatic carbocycles. The Morgan fingerprint density at radius 1 is 0.450 bits per heavy atom. The van der Waals surface area contributed by atoms with Crippen LogP contribution in [0, 0.1) is 0 Å². The number of nitrogens with zero attached hydrogens (tertiary/aromatic N) is 4. The third-order valence-corrected chi connectivity index (χ3v) is 7.34. The molecular formula is C36H26N4. The monoisotopic (exact) mass is 514 g/mol. The molecule has 4 heteroatoms. The second-order valence-corrected chi connectivity index (χ2v) is 9.96. The van der Waals surface area contributed by atoms with Gasteiger partial charge in [-0.1, -0.05) is 121 Å². The fourth-order valence-corrected chi connectivity index (χ4v) is 5.31. The Morgan fingerprint density at radius 3 is 1.62 bits per heavy atom. The van der Waals surface area contributed by atoms with Gasteiger partial charge in [-0.3, -0.25) is 4.99 Å². The molecule has 0 saturated carbocycles. The number of hydrogen-bond acceptors (Lipinski definition) is 4. The summed E-state index contributed by atoms with van der Waals surface area (Å²) >= 11 is 0. The molecule has 6 aromatic rings. The molecular weight excluding hydrogens is 488 g/mol. The predicted octanol–water partition coefficient (Wildman–Crippen LogP) is 8.58. The highest BCUT2D eigenvalue weighted by Crippen LogP contribution is 2.36. The Labute approximate surface area is 233 Å². The Balaban J connectivity index is 1.41. The summed E-state index contributed by atoms with van der Waals surface area (Å²) in [7, 11) is 0. The van der Waals surface area contributed by atoms with E-state index in [9.17, 15) is 0 Å². The van der Waals surface area contributed by atoms with Crippen LogP contribution in [0.3, 0.4) is 0 Å². The van der Waals surface area contributed by atoms with E-state index in [1.54, 1.807) is 0 Å². The summed E-state index contributed by atoms with van der Waals surface area (Å²) in [5.74, 6) is 1.93. The van der Waals surface area contributed by atoms with Crippen LogP contribution in [0.15, 0.2) is 132 Å². The lowest BCUT2D eigenvalue weighted by atomic mass is 9.91. The molecule has 4 nitrogen and oxygen atoms in total. The minimum absolute atomic E-state index is 0.629. The number of fused-ring (bicyclic) bond motifs is 4. The lowest BCUT2D eigenvalue weighted by Crippen LogP contribution is -2.00. The molecule has 0 saturated heterocycles. The third-order valence-electron chi connectivity index (χ3n) is 7.34. The smallest absolute Gasteiger partial charge is 0.164 e. The van der Waals surface area contributed by atoms with Gasteiger partial charge in [0.2, 0.25) is 0 Å². The van der Waals surface area contributed by atoms with Gasteiger partial charge in [0, 0.05) is 34.4 Å². The van der Waals surface area contributed by atoms with E-state index in [1.165, 1.54) is 22.3 Å². The summed E-state index contributed by atoms with van der Waals surface area (Å²) in [6.45, 7) is 2.09. The molecule has 190 valence electrons. The Hall–Kier alpha value is -5.22. The molecule has 0 bridgehead atoms. The molecule has 0 N–H and O–H groups in total. The van der Waals surface area contributed by atoms with E-state index in [0.717, 1.165) is 40.1 Å². The second kappa shape index (κ2) is 10.2. The maximum Gasteiger partial charge on any atom is 0.164 e. The first-order valence-corrected chi connectivity index (χ1v) is 13.5. The molecule has 7 rings (SSSR count). The SMILES string of the molecule is C/C1=N\c2cc(-c3nc(-c4ccccc4)nc(-c4ccccc4)n3)ccc2Cc2ccccc2-c2ccccc21. The lowest BCUT2D eigenvalue weighted by Gasteiger charge is -2.13. The first-order valence-electron chi connectivity index (χ1n) is 13.5. The quantitative estimate of drug-likeness (QED) is 0.238. The minimum Gasteiger partial charge on any atom is -0.253 e. The maximum atomic E-state index is 5.18. The van der Waals surface area contributed by atoms with Crippen molar-refractivity contribution >= 4 is 11.4 Å². The summed E-state index contributed by atoms with van der Waals surface area (Å²) < 4.78 is 0. The largest absolute Gasteiger partial charge is 0.253 e. The second-order valence-electron chi connectivity index (χ2n) is 9.96. The van der Waals surface area contributed by atoms with Crippen molar-refractivity contribution in [3.05, 3.63) is 144 Å². The Morgan fingerprint density at radius 2 is 0.975 bits per heavy atom. The Bertz CT molecular complexity index is 1820. The van der Waals surface area contributed by atoms with Crippen LogP contribution in [0.25, 0.3) is 45.3 Å². The molecule has 0 amide bonds. The van der Waals surface area contributed by atoms with Gasteiger partial charge in [0.15, 0.2) is 17.5 Å². The van der Waals surface area contributed by atoms with Crippen molar-refractivity contribution in [1.82, 2.24) is 15.0 Å². The molecule has 0 fully saturated rings. The van der Waals surface area contributed by atoms with Gasteiger partial charge in [-0.05, 0) is 35.2 Å². The third kappa shape index (κ3) is 4.50. The van der Waals surface area contributed by atoms with Crippen molar-refractivity contribution in [2.24, 2.45) is 4.99 Å². The highest BCUT2D eigenvalue weighted by atomic mass is 15.0. The topological polar surface area (TPSA) is 51.0 Å². The van der Waals surface area contributed by atoms with Gasteiger partial charge in [0.1, 0.15) is 0 Å². The zero-order valence-electron chi connectivity index (χ0n) is 22.1. The van der Waals surface area contributed by atoms with Gasteiger partial charge >= 0.3 is 0 Å². The number of hydrogen-bond donors (Lipinski definition) is 0. The zero-order valence-corrected chi connectivity index (χ0v) is 22.1. The van der Waals surface area contributed by atoms with Crippen LogP contribution in [0.5, 0.6) is 0 Å². The van der Waals surface area contributed by atoms with Gasteiger partial charge in [0.25, 0.3) is 0 Å². The normalized spacial score (nSPS) is 13.5. The van der Waals surface area contributed by atoms with Gasteiger partial charge in [-0.15, -0.1) is 0 Å². The molecule has 40 heavy (non-hydrogen) atoms. The highest BCUT2D eigenvalue weighted by molar-refractivity contribution is 6.06. The molecule has 1 aromatic heterocycles. The minimum atomic E-state index is 0.629. The number of benzene rings is 5. The molecule has 1 aliphatic rings. The highest BCUT2D eigenvalue weighted by Gasteiger charge is 2.18. The zero-order chi connectivity index (χ0) is 26.9. The molecule has 0 unspecified atom stereocenters.